The van der Waals surface area contributed by atoms with Crippen LogP contribution in [0.25, 0.3) is 0 Å². The number of carbonyl (C=O) groups is 1. The molecule has 0 saturated heterocycles. The molecule has 134 valence electrons. The van der Waals surface area contributed by atoms with Crippen LogP contribution in [0.2, 0.25) is 0 Å². The number of aliphatic carboxylic acids is 1. The number of halogens is 1. The Labute approximate surface area is 152 Å². The van der Waals surface area contributed by atoms with Gasteiger partial charge in [-0.05, 0) is 56.6 Å². The highest BCUT2D eigenvalue weighted by molar-refractivity contribution is 9.10. The van der Waals surface area contributed by atoms with E-state index in [1.165, 1.54) is 26.0 Å². The summed E-state index contributed by atoms with van der Waals surface area (Å²) in [5.41, 5.74) is -1.50. The fourth-order valence-electron chi connectivity index (χ4n) is 1.96. The Balaban J connectivity index is 3.53. The van der Waals surface area contributed by atoms with Crippen molar-refractivity contribution in [2.45, 2.75) is 45.4 Å². The second-order valence-electron chi connectivity index (χ2n) is 6.89. The normalized spacial score (nSPS) is 15.0. The van der Waals surface area contributed by atoms with Crippen molar-refractivity contribution < 1.29 is 19.4 Å². The first kappa shape index (κ1) is 20.9. The quantitative estimate of drug-likeness (QED) is 0.412. The van der Waals surface area contributed by atoms with Crippen LogP contribution in [0.1, 0.15) is 46.2 Å². The van der Waals surface area contributed by atoms with E-state index in [1.54, 1.807) is 26.8 Å². The Kier molecular flexibility index (Phi) is 6.43. The summed E-state index contributed by atoms with van der Waals surface area (Å²) in [7, 11) is 0. The van der Waals surface area contributed by atoms with E-state index < -0.39 is 38.5 Å². The Morgan fingerprint density at radius 1 is 1.33 bits per heavy atom. The molecule has 2 N–H and O–H groups in total. The van der Waals surface area contributed by atoms with Crippen molar-refractivity contribution in [1.29, 1.82) is 0 Å². The highest BCUT2D eigenvalue weighted by atomic mass is 79.9. The lowest BCUT2D eigenvalue weighted by molar-refractivity contribution is -0.386. The van der Waals surface area contributed by atoms with Gasteiger partial charge in [-0.25, -0.2) is 0 Å². The smallest absolute Gasteiger partial charge is 0.311 e. The van der Waals surface area contributed by atoms with Crippen LogP contribution < -0.4 is 4.72 Å². The van der Waals surface area contributed by atoms with Gasteiger partial charge in [0.1, 0.15) is 4.75 Å². The Bertz CT molecular complexity index is 645. The number of para-hydroxylation sites is 1. The lowest BCUT2D eigenvalue weighted by Gasteiger charge is -2.34. The number of rotatable bonds is 6. The van der Waals surface area contributed by atoms with Gasteiger partial charge in [-0.2, -0.15) is 0 Å². The number of nitro benzene ring substituents is 1. The van der Waals surface area contributed by atoms with Crippen LogP contribution in [0.3, 0.4) is 0 Å². The highest BCUT2D eigenvalue weighted by Crippen LogP contribution is 2.42. The van der Waals surface area contributed by atoms with Gasteiger partial charge in [-0.15, -0.1) is 4.72 Å². The molecule has 0 fully saturated rings. The van der Waals surface area contributed by atoms with Crippen LogP contribution >= 0.6 is 15.9 Å². The molecule has 0 aromatic heterocycles. The summed E-state index contributed by atoms with van der Waals surface area (Å²) in [5.74, 6) is -1.15. The van der Waals surface area contributed by atoms with Crippen molar-refractivity contribution in [3.63, 3.8) is 0 Å². The van der Waals surface area contributed by atoms with E-state index in [0.717, 1.165) is 0 Å². The van der Waals surface area contributed by atoms with E-state index in [0.29, 0.717) is 0 Å². The molecule has 0 amide bonds. The molecular formula is C15H21BrN2O5S. The number of hydrogen-bond acceptors (Lipinski definition) is 5. The number of nitrogens with zero attached hydrogens (tertiary/aromatic N) is 1. The molecule has 0 aliphatic heterocycles. The molecule has 0 spiro atoms. The maximum absolute atomic E-state index is 12.5. The maximum atomic E-state index is 12.5. The third kappa shape index (κ3) is 4.47. The van der Waals surface area contributed by atoms with Crippen LogP contribution in [-0.2, 0) is 16.2 Å². The molecule has 0 heterocycles. The van der Waals surface area contributed by atoms with Gasteiger partial charge in [0.15, 0.2) is 0 Å². The van der Waals surface area contributed by atoms with E-state index in [4.69, 9.17) is 0 Å². The molecule has 0 radical (unpaired) electrons. The van der Waals surface area contributed by atoms with Gasteiger partial charge in [0.25, 0.3) is 5.69 Å². The largest absolute Gasteiger partial charge is 0.598 e. The van der Waals surface area contributed by atoms with Crippen molar-refractivity contribution in [1.82, 2.24) is 4.72 Å². The molecule has 0 saturated carbocycles. The summed E-state index contributed by atoms with van der Waals surface area (Å²) in [6.45, 7) is 8.08. The van der Waals surface area contributed by atoms with Crippen LogP contribution in [-0.4, -0.2) is 25.3 Å². The standard InChI is InChI=1S/C15H21BrN2O5S/c1-14(2,3)24(23)17-12(15(4,5)13(19)20)9-7-6-8-10(16)11(9)18(21)22/h6-8,12,17H,1-5H3,(H,19,20)/t12-,24-/m0/s1. The summed E-state index contributed by atoms with van der Waals surface area (Å²) < 4.78 is 14.9. The van der Waals surface area contributed by atoms with Crippen LogP contribution in [0, 0.1) is 15.5 Å². The third-order valence-electron chi connectivity index (χ3n) is 3.57. The van der Waals surface area contributed by atoms with E-state index >= 15 is 0 Å². The molecule has 1 aromatic carbocycles. The fraction of sp³-hybridized carbons (Fsp3) is 0.533. The average Bonchev–Trinajstić information content (AvgIpc) is 2.42. The first-order valence-electron chi connectivity index (χ1n) is 7.14. The zero-order chi connectivity index (χ0) is 18.9. The maximum Gasteiger partial charge on any atom is 0.311 e. The van der Waals surface area contributed by atoms with E-state index in [1.807, 2.05) is 0 Å². The second-order valence-corrected chi connectivity index (χ2v) is 9.75. The Hall–Kier alpha value is -1.16. The predicted molar refractivity (Wildman–Crippen MR) is 96.0 cm³/mol. The van der Waals surface area contributed by atoms with Crippen LogP contribution in [0.4, 0.5) is 5.69 Å². The third-order valence-corrected chi connectivity index (χ3v) is 5.77. The summed E-state index contributed by atoms with van der Waals surface area (Å²) in [6.07, 6.45) is 0. The van der Waals surface area contributed by atoms with Crippen molar-refractivity contribution >= 4 is 38.9 Å². The molecule has 24 heavy (non-hydrogen) atoms. The van der Waals surface area contributed by atoms with E-state index in [-0.39, 0.29) is 15.7 Å². The Morgan fingerprint density at radius 2 is 1.88 bits per heavy atom. The Morgan fingerprint density at radius 3 is 2.29 bits per heavy atom. The number of nitrogens with one attached hydrogen (secondary N) is 1. The van der Waals surface area contributed by atoms with Crippen molar-refractivity contribution in [3.8, 4) is 0 Å². The van der Waals surface area contributed by atoms with Crippen molar-refractivity contribution in [2.24, 2.45) is 5.41 Å². The monoisotopic (exact) mass is 420 g/mol. The number of benzene rings is 1. The molecular weight excluding hydrogens is 400 g/mol. The minimum absolute atomic E-state index is 0.166. The topological polar surface area (TPSA) is 116 Å². The highest BCUT2D eigenvalue weighted by Gasteiger charge is 2.45. The minimum Gasteiger partial charge on any atom is -0.598 e. The van der Waals surface area contributed by atoms with Gasteiger partial charge in [0.05, 0.1) is 26.4 Å². The lowest BCUT2D eigenvalue weighted by atomic mass is 9.80. The molecule has 7 nitrogen and oxygen atoms in total. The lowest BCUT2D eigenvalue weighted by Crippen LogP contribution is -2.47. The van der Waals surface area contributed by atoms with Gasteiger partial charge >= 0.3 is 5.97 Å². The number of nitro groups is 1. The molecule has 1 rings (SSSR count). The minimum atomic E-state index is -1.61. The summed E-state index contributed by atoms with van der Waals surface area (Å²) >= 11 is 1.52. The van der Waals surface area contributed by atoms with Crippen LogP contribution in [0.5, 0.6) is 0 Å². The summed E-state index contributed by atoms with van der Waals surface area (Å²) in [4.78, 5) is 22.6. The predicted octanol–water partition coefficient (Wildman–Crippen LogP) is 3.56. The van der Waals surface area contributed by atoms with Gasteiger partial charge in [0, 0.05) is 11.4 Å². The van der Waals surface area contributed by atoms with E-state index in [2.05, 4.69) is 20.7 Å². The second kappa shape index (κ2) is 7.38. The zero-order valence-electron chi connectivity index (χ0n) is 14.1. The molecule has 9 heteroatoms. The van der Waals surface area contributed by atoms with Gasteiger partial charge in [0.2, 0.25) is 0 Å². The van der Waals surface area contributed by atoms with Crippen molar-refractivity contribution in [2.75, 3.05) is 0 Å². The zero-order valence-corrected chi connectivity index (χ0v) is 16.5. The SMILES string of the molecule is CC(C)(C(=O)O)[C@@H](N[S@@+]([O-])C(C)(C)C)c1cccc(Br)c1[N+](=O)[O-]. The average molecular weight is 421 g/mol. The summed E-state index contributed by atoms with van der Waals surface area (Å²) in [6, 6.07) is 3.55. The van der Waals surface area contributed by atoms with Crippen LogP contribution in [0.15, 0.2) is 22.7 Å². The number of carboxylic acid groups (broad SMARTS) is 1. The molecule has 0 unspecified atom stereocenters. The number of hydrogen-bond donors (Lipinski definition) is 2. The first-order valence-corrected chi connectivity index (χ1v) is 9.08. The molecule has 0 bridgehead atoms. The van der Waals surface area contributed by atoms with Gasteiger partial charge in [-0.3, -0.25) is 14.9 Å². The van der Waals surface area contributed by atoms with E-state index in [9.17, 15) is 24.6 Å². The van der Waals surface area contributed by atoms with Gasteiger partial charge < -0.3 is 9.66 Å². The van der Waals surface area contributed by atoms with Gasteiger partial charge in [-0.1, -0.05) is 12.1 Å². The molecule has 0 aliphatic carbocycles. The van der Waals surface area contributed by atoms with Crippen molar-refractivity contribution in [3.05, 3.63) is 38.3 Å². The first-order chi connectivity index (χ1) is 10.8. The summed E-state index contributed by atoms with van der Waals surface area (Å²) in [5, 5.41) is 21.0. The molecule has 2 atom stereocenters. The molecule has 1 aromatic rings. The fourth-order valence-corrected chi connectivity index (χ4v) is 3.48. The number of carboxylic acids is 1. The molecule has 0 aliphatic rings.